The maximum Gasteiger partial charge on any atom is 0.0542 e. The molecule has 3 heteroatoms. The van der Waals surface area contributed by atoms with Gasteiger partial charge in [0.15, 0.2) is 0 Å². The lowest BCUT2D eigenvalue weighted by molar-refractivity contribution is 0.632. The molecular weight excluding hydrogens is 871 g/mol. The Hall–Kier alpha value is -9.18. The molecule has 0 atom stereocenters. The minimum absolute atomic E-state index is 0.295. The van der Waals surface area contributed by atoms with Gasteiger partial charge < -0.3 is 14.4 Å². The van der Waals surface area contributed by atoms with Crippen LogP contribution < -0.4 is 9.80 Å². The Morgan fingerprint density at radius 2 is 0.681 bits per heavy atom. The lowest BCUT2D eigenvalue weighted by Crippen LogP contribution is -2.30. The molecular formula is C69H51N3. The van der Waals surface area contributed by atoms with E-state index >= 15 is 0 Å². The summed E-state index contributed by atoms with van der Waals surface area (Å²) in [6.07, 6.45) is 0. The molecule has 2 heterocycles. The predicted octanol–water partition coefficient (Wildman–Crippen LogP) is 19.0. The van der Waals surface area contributed by atoms with Gasteiger partial charge in [-0.1, -0.05) is 190 Å². The predicted molar refractivity (Wildman–Crippen MR) is 304 cm³/mol. The van der Waals surface area contributed by atoms with Gasteiger partial charge in [0.05, 0.1) is 22.4 Å². The average molecular weight is 922 g/mol. The average Bonchev–Trinajstić information content (AvgIpc) is 3.78. The quantitative estimate of drug-likeness (QED) is 0.143. The van der Waals surface area contributed by atoms with Crippen molar-refractivity contribution in [3.05, 3.63) is 284 Å². The second kappa shape index (κ2) is 17.7. The molecule has 0 N–H and O–H groups in total. The molecule has 0 spiro atoms. The van der Waals surface area contributed by atoms with Crippen LogP contribution in [0.2, 0.25) is 0 Å². The van der Waals surface area contributed by atoms with Gasteiger partial charge in [0.1, 0.15) is 0 Å². The Labute approximate surface area is 421 Å². The highest BCUT2D eigenvalue weighted by atomic mass is 15.2. The standard InChI is InChI=1S/C69H51N3/c1-69(2)63-45-54(50-21-11-5-12-22-50)33-42-67(63)72(59-39-29-52(30-40-59)49-19-9-4-10-20-49)68-43-34-55(46-64(68)69)53-31-37-58(38-32-53)70(57-35-27-51(28-36-57)48-17-7-3-8-18-48)60-41-44-66-62(47-60)61-25-15-16-26-65(61)71(66)56-23-13-6-14-24-56/h3-47H,1-2H3. The van der Waals surface area contributed by atoms with Gasteiger partial charge in [0, 0.05) is 44.6 Å². The zero-order valence-corrected chi connectivity index (χ0v) is 40.3. The summed E-state index contributed by atoms with van der Waals surface area (Å²) >= 11 is 0. The lowest BCUT2D eigenvalue weighted by Gasteiger charge is -2.42. The first-order valence-corrected chi connectivity index (χ1v) is 24.9. The number of anilines is 6. The van der Waals surface area contributed by atoms with Gasteiger partial charge in [-0.15, -0.1) is 0 Å². The van der Waals surface area contributed by atoms with Gasteiger partial charge in [0.2, 0.25) is 0 Å². The molecule has 1 aromatic heterocycles. The van der Waals surface area contributed by atoms with E-state index in [4.69, 9.17) is 0 Å². The second-order valence-electron chi connectivity index (χ2n) is 19.4. The normalized spacial score (nSPS) is 12.7. The van der Waals surface area contributed by atoms with Crippen LogP contribution in [0.5, 0.6) is 0 Å². The fourth-order valence-corrected chi connectivity index (χ4v) is 11.1. The molecule has 0 saturated carbocycles. The first kappa shape index (κ1) is 42.9. The third kappa shape index (κ3) is 7.46. The number of fused-ring (bicyclic) bond motifs is 5. The van der Waals surface area contributed by atoms with Crippen LogP contribution in [0.1, 0.15) is 25.0 Å². The van der Waals surface area contributed by atoms with Crippen molar-refractivity contribution in [1.29, 1.82) is 0 Å². The molecule has 72 heavy (non-hydrogen) atoms. The third-order valence-electron chi connectivity index (χ3n) is 14.8. The van der Waals surface area contributed by atoms with Gasteiger partial charge in [-0.2, -0.15) is 0 Å². The van der Waals surface area contributed by atoms with E-state index < -0.39 is 0 Å². The van der Waals surface area contributed by atoms with Crippen molar-refractivity contribution >= 4 is 55.9 Å². The van der Waals surface area contributed by atoms with Crippen LogP contribution in [0.15, 0.2) is 273 Å². The van der Waals surface area contributed by atoms with E-state index in [9.17, 15) is 0 Å². The molecule has 12 aromatic rings. The third-order valence-corrected chi connectivity index (χ3v) is 14.8. The number of nitrogens with zero attached hydrogens (tertiary/aromatic N) is 3. The maximum absolute atomic E-state index is 2.46. The van der Waals surface area contributed by atoms with Gasteiger partial charge in [-0.25, -0.2) is 0 Å². The van der Waals surface area contributed by atoms with Crippen molar-refractivity contribution in [3.8, 4) is 50.2 Å². The highest BCUT2D eigenvalue weighted by molar-refractivity contribution is 6.10. The molecule has 13 rings (SSSR count). The fraction of sp³-hybridized carbons (Fsp3) is 0.0435. The highest BCUT2D eigenvalue weighted by Gasteiger charge is 2.37. The minimum atomic E-state index is -0.295. The first-order valence-electron chi connectivity index (χ1n) is 24.9. The van der Waals surface area contributed by atoms with E-state index in [-0.39, 0.29) is 5.41 Å². The molecule has 11 aromatic carbocycles. The van der Waals surface area contributed by atoms with Gasteiger partial charge >= 0.3 is 0 Å². The molecule has 1 aliphatic rings. The molecule has 0 fully saturated rings. The molecule has 1 aliphatic heterocycles. The van der Waals surface area contributed by atoms with Crippen molar-refractivity contribution in [2.75, 3.05) is 9.80 Å². The van der Waals surface area contributed by atoms with E-state index in [1.54, 1.807) is 0 Å². The lowest BCUT2D eigenvalue weighted by atomic mass is 9.72. The minimum Gasteiger partial charge on any atom is -0.310 e. The maximum atomic E-state index is 2.46. The molecule has 3 nitrogen and oxygen atoms in total. The smallest absolute Gasteiger partial charge is 0.0542 e. The molecule has 0 unspecified atom stereocenters. The van der Waals surface area contributed by atoms with E-state index in [1.807, 2.05) is 0 Å². The van der Waals surface area contributed by atoms with Gasteiger partial charge in [0.25, 0.3) is 0 Å². The monoisotopic (exact) mass is 921 g/mol. The summed E-state index contributed by atoms with van der Waals surface area (Å²) in [5, 5.41) is 2.44. The van der Waals surface area contributed by atoms with Crippen LogP contribution in [0.3, 0.4) is 0 Å². The Balaban J connectivity index is 0.913. The molecule has 0 saturated heterocycles. The Morgan fingerprint density at radius 3 is 1.21 bits per heavy atom. The van der Waals surface area contributed by atoms with Crippen LogP contribution in [-0.4, -0.2) is 4.57 Å². The van der Waals surface area contributed by atoms with Crippen LogP contribution in [-0.2, 0) is 5.41 Å². The van der Waals surface area contributed by atoms with E-state index in [0.717, 1.165) is 28.4 Å². The van der Waals surface area contributed by atoms with Crippen LogP contribution in [0.25, 0.3) is 72.0 Å². The molecule has 0 amide bonds. The number of hydrogen-bond acceptors (Lipinski definition) is 2. The first-order chi connectivity index (χ1) is 35.5. The summed E-state index contributed by atoms with van der Waals surface area (Å²) in [6, 6.07) is 99.6. The summed E-state index contributed by atoms with van der Waals surface area (Å²) in [6.45, 7) is 4.77. The zero-order chi connectivity index (χ0) is 48.2. The van der Waals surface area contributed by atoms with E-state index in [1.165, 1.54) is 88.8 Å². The number of benzene rings is 11. The van der Waals surface area contributed by atoms with Gasteiger partial charge in [-0.3, -0.25) is 0 Å². The van der Waals surface area contributed by atoms with Crippen LogP contribution >= 0.6 is 0 Å². The summed E-state index contributed by atoms with van der Waals surface area (Å²) < 4.78 is 2.38. The Bertz CT molecular complexity index is 3900. The zero-order valence-electron chi connectivity index (χ0n) is 40.3. The number of rotatable bonds is 9. The molecule has 0 radical (unpaired) electrons. The number of hydrogen-bond donors (Lipinski definition) is 0. The summed E-state index contributed by atoms with van der Waals surface area (Å²) in [4.78, 5) is 4.85. The van der Waals surface area contributed by atoms with Crippen LogP contribution in [0, 0.1) is 0 Å². The Kier molecular flexibility index (Phi) is 10.5. The summed E-state index contributed by atoms with van der Waals surface area (Å²) in [5.41, 5.74) is 22.2. The van der Waals surface area contributed by atoms with Crippen molar-refractivity contribution in [2.24, 2.45) is 0 Å². The van der Waals surface area contributed by atoms with Crippen molar-refractivity contribution in [2.45, 2.75) is 19.3 Å². The van der Waals surface area contributed by atoms with Crippen molar-refractivity contribution in [3.63, 3.8) is 0 Å². The molecule has 0 bridgehead atoms. The van der Waals surface area contributed by atoms with Gasteiger partial charge in [-0.05, 0) is 153 Å². The number of para-hydroxylation sites is 2. The fourth-order valence-electron chi connectivity index (χ4n) is 11.1. The summed E-state index contributed by atoms with van der Waals surface area (Å²) in [7, 11) is 0. The highest BCUT2D eigenvalue weighted by Crippen LogP contribution is 2.54. The van der Waals surface area contributed by atoms with E-state index in [2.05, 4.69) is 301 Å². The van der Waals surface area contributed by atoms with Crippen molar-refractivity contribution in [1.82, 2.24) is 4.57 Å². The topological polar surface area (TPSA) is 11.4 Å². The van der Waals surface area contributed by atoms with Crippen LogP contribution in [0.4, 0.5) is 34.1 Å². The van der Waals surface area contributed by atoms with Crippen molar-refractivity contribution < 1.29 is 0 Å². The summed E-state index contributed by atoms with van der Waals surface area (Å²) in [5.74, 6) is 0. The molecule has 0 aliphatic carbocycles. The SMILES string of the molecule is CC1(C)c2cc(-c3ccccc3)ccc2N(c2ccc(-c3ccccc3)cc2)c2ccc(-c3ccc(N(c4ccc(-c5ccccc5)cc4)c4ccc5c(c4)c4ccccc4n5-c4ccccc4)cc3)cc21. The van der Waals surface area contributed by atoms with E-state index in [0.29, 0.717) is 0 Å². The Morgan fingerprint density at radius 1 is 0.292 bits per heavy atom. The number of aromatic nitrogens is 1. The molecule has 342 valence electrons. The second-order valence-corrected chi connectivity index (χ2v) is 19.4. The largest absolute Gasteiger partial charge is 0.310 e.